The van der Waals surface area contributed by atoms with Gasteiger partial charge in [-0.3, -0.25) is 4.98 Å². The van der Waals surface area contributed by atoms with Gasteiger partial charge < -0.3 is 5.32 Å². The van der Waals surface area contributed by atoms with Crippen LogP contribution in [-0.4, -0.2) is 16.5 Å². The summed E-state index contributed by atoms with van der Waals surface area (Å²) in [5.74, 6) is 0. The fourth-order valence-electron chi connectivity index (χ4n) is 2.13. The van der Waals surface area contributed by atoms with Gasteiger partial charge in [-0.15, -0.1) is 11.3 Å². The first-order chi connectivity index (χ1) is 10.0. The van der Waals surface area contributed by atoms with Crippen molar-refractivity contribution in [1.82, 2.24) is 15.3 Å². The normalized spacial score (nSPS) is 13.3. The zero-order chi connectivity index (χ0) is 15.3. The summed E-state index contributed by atoms with van der Waals surface area (Å²) in [7, 11) is 0. The van der Waals surface area contributed by atoms with Gasteiger partial charge >= 0.3 is 0 Å². The number of nitrogens with zero attached hydrogens (tertiary/aromatic N) is 2. The van der Waals surface area contributed by atoms with Gasteiger partial charge in [0.1, 0.15) is 0 Å². The van der Waals surface area contributed by atoms with Crippen LogP contribution in [0.1, 0.15) is 56.4 Å². The third-order valence-electron chi connectivity index (χ3n) is 3.43. The average molecular weight is 303 g/mol. The first-order valence-electron chi connectivity index (χ1n) is 7.59. The lowest BCUT2D eigenvalue weighted by molar-refractivity contribution is 0.522. The quantitative estimate of drug-likeness (QED) is 0.872. The molecule has 2 rings (SSSR count). The summed E-state index contributed by atoms with van der Waals surface area (Å²) in [5.41, 5.74) is 2.54. The molecule has 1 N–H and O–H groups in total. The molecule has 0 saturated carbocycles. The molecule has 0 aliphatic heterocycles. The highest BCUT2D eigenvalue weighted by Crippen LogP contribution is 2.26. The second-order valence-electron chi connectivity index (χ2n) is 6.37. The van der Waals surface area contributed by atoms with E-state index in [1.54, 1.807) is 11.3 Å². The van der Waals surface area contributed by atoms with Gasteiger partial charge in [0.05, 0.1) is 10.7 Å². The molecule has 0 fully saturated rings. The van der Waals surface area contributed by atoms with E-state index in [1.807, 2.05) is 18.5 Å². The largest absolute Gasteiger partial charge is 0.310 e. The number of nitrogens with one attached hydrogen (secondary N) is 1. The zero-order valence-corrected chi connectivity index (χ0v) is 14.2. The molecule has 4 heteroatoms. The molecule has 0 radical (unpaired) electrons. The van der Waals surface area contributed by atoms with Crippen molar-refractivity contribution in [3.8, 4) is 0 Å². The SMILES string of the molecule is CCCNC(Cc1nc(C(C)(C)C)cs1)c1cccnc1. The van der Waals surface area contributed by atoms with E-state index >= 15 is 0 Å². The van der Waals surface area contributed by atoms with E-state index in [9.17, 15) is 0 Å². The third kappa shape index (κ3) is 4.61. The molecular formula is C17H25N3S. The van der Waals surface area contributed by atoms with Gasteiger partial charge in [0.2, 0.25) is 0 Å². The molecule has 0 amide bonds. The summed E-state index contributed by atoms with van der Waals surface area (Å²) in [6, 6.07) is 4.43. The summed E-state index contributed by atoms with van der Waals surface area (Å²) in [5, 5.41) is 6.99. The fraction of sp³-hybridized carbons (Fsp3) is 0.529. The Morgan fingerprint density at radius 3 is 2.71 bits per heavy atom. The van der Waals surface area contributed by atoms with Crippen molar-refractivity contribution in [3.05, 3.63) is 46.2 Å². The average Bonchev–Trinajstić information content (AvgIpc) is 2.93. The minimum Gasteiger partial charge on any atom is -0.310 e. The van der Waals surface area contributed by atoms with Crippen molar-refractivity contribution in [2.45, 2.75) is 52.0 Å². The van der Waals surface area contributed by atoms with Gasteiger partial charge in [0.25, 0.3) is 0 Å². The van der Waals surface area contributed by atoms with Crippen LogP contribution in [0.5, 0.6) is 0 Å². The van der Waals surface area contributed by atoms with E-state index in [-0.39, 0.29) is 11.5 Å². The van der Waals surface area contributed by atoms with Crippen LogP contribution in [0, 0.1) is 0 Å². The molecular weight excluding hydrogens is 278 g/mol. The van der Waals surface area contributed by atoms with Crippen LogP contribution in [0.4, 0.5) is 0 Å². The Kier molecular flexibility index (Phi) is 5.48. The van der Waals surface area contributed by atoms with Crippen LogP contribution in [0.3, 0.4) is 0 Å². The van der Waals surface area contributed by atoms with E-state index in [2.05, 4.69) is 49.4 Å². The van der Waals surface area contributed by atoms with Gasteiger partial charge in [-0.1, -0.05) is 33.8 Å². The Labute approximate surface area is 131 Å². The van der Waals surface area contributed by atoms with Gasteiger partial charge in [-0.05, 0) is 24.6 Å². The summed E-state index contributed by atoms with van der Waals surface area (Å²) in [4.78, 5) is 9.06. The third-order valence-corrected chi connectivity index (χ3v) is 4.30. The summed E-state index contributed by atoms with van der Waals surface area (Å²) in [6.45, 7) is 9.82. The highest BCUT2D eigenvalue weighted by Gasteiger charge is 2.19. The number of hydrogen-bond acceptors (Lipinski definition) is 4. The number of aromatic nitrogens is 2. The van der Waals surface area contributed by atoms with E-state index in [0.29, 0.717) is 0 Å². The first-order valence-corrected chi connectivity index (χ1v) is 8.47. The molecule has 0 bridgehead atoms. The molecule has 0 aliphatic rings. The summed E-state index contributed by atoms with van der Waals surface area (Å²) >= 11 is 1.76. The predicted molar refractivity (Wildman–Crippen MR) is 89.8 cm³/mol. The molecule has 1 atom stereocenters. The van der Waals surface area contributed by atoms with Gasteiger partial charge in [0, 0.05) is 35.7 Å². The maximum absolute atomic E-state index is 4.81. The van der Waals surface area contributed by atoms with E-state index in [4.69, 9.17) is 4.98 Å². The predicted octanol–water partition coefficient (Wildman–Crippen LogP) is 4.12. The van der Waals surface area contributed by atoms with Gasteiger partial charge in [-0.2, -0.15) is 0 Å². The molecule has 0 spiro atoms. The first kappa shape index (κ1) is 16.1. The molecule has 0 aromatic carbocycles. The number of rotatable bonds is 6. The van der Waals surface area contributed by atoms with Crippen LogP contribution in [0.2, 0.25) is 0 Å². The minimum absolute atomic E-state index is 0.120. The lowest BCUT2D eigenvalue weighted by atomic mass is 9.93. The van der Waals surface area contributed by atoms with Crippen molar-refractivity contribution in [2.24, 2.45) is 0 Å². The van der Waals surface area contributed by atoms with Crippen LogP contribution in [-0.2, 0) is 11.8 Å². The van der Waals surface area contributed by atoms with Crippen molar-refractivity contribution >= 4 is 11.3 Å². The smallest absolute Gasteiger partial charge is 0.0947 e. The molecule has 2 aromatic rings. The topological polar surface area (TPSA) is 37.8 Å². The molecule has 1 unspecified atom stereocenters. The molecule has 3 nitrogen and oxygen atoms in total. The highest BCUT2D eigenvalue weighted by atomic mass is 32.1. The number of thiazole rings is 1. The Bertz CT molecular complexity index is 543. The Morgan fingerprint density at radius 2 is 2.14 bits per heavy atom. The van der Waals surface area contributed by atoms with Crippen LogP contribution < -0.4 is 5.32 Å². The lowest BCUT2D eigenvalue weighted by Crippen LogP contribution is -2.24. The van der Waals surface area contributed by atoms with Gasteiger partial charge in [-0.25, -0.2) is 4.98 Å². The molecule has 0 aliphatic carbocycles. The maximum atomic E-state index is 4.81. The Hall–Kier alpha value is -1.26. The van der Waals surface area contributed by atoms with Crippen LogP contribution >= 0.6 is 11.3 Å². The fourth-order valence-corrected chi connectivity index (χ4v) is 3.20. The number of pyridine rings is 1. The standard InChI is InChI=1S/C17H25N3S/c1-5-8-19-14(13-7-6-9-18-11-13)10-16-20-15(12-21-16)17(2,3)4/h6-7,9,11-12,14,19H,5,8,10H2,1-4H3. The van der Waals surface area contributed by atoms with Gasteiger partial charge in [0.15, 0.2) is 0 Å². The van der Waals surface area contributed by atoms with Crippen molar-refractivity contribution in [1.29, 1.82) is 0 Å². The van der Waals surface area contributed by atoms with E-state index in [0.717, 1.165) is 19.4 Å². The number of hydrogen-bond donors (Lipinski definition) is 1. The molecule has 21 heavy (non-hydrogen) atoms. The molecule has 0 saturated heterocycles. The second-order valence-corrected chi connectivity index (χ2v) is 7.32. The molecule has 2 heterocycles. The lowest BCUT2D eigenvalue weighted by Gasteiger charge is -2.18. The maximum Gasteiger partial charge on any atom is 0.0947 e. The van der Waals surface area contributed by atoms with Crippen LogP contribution in [0.25, 0.3) is 0 Å². The van der Waals surface area contributed by atoms with Crippen molar-refractivity contribution < 1.29 is 0 Å². The van der Waals surface area contributed by atoms with Crippen LogP contribution in [0.15, 0.2) is 29.9 Å². The summed E-state index contributed by atoms with van der Waals surface area (Å²) < 4.78 is 0. The summed E-state index contributed by atoms with van der Waals surface area (Å²) in [6.07, 6.45) is 5.82. The van der Waals surface area contributed by atoms with E-state index in [1.165, 1.54) is 16.3 Å². The zero-order valence-electron chi connectivity index (χ0n) is 13.4. The highest BCUT2D eigenvalue weighted by molar-refractivity contribution is 7.09. The van der Waals surface area contributed by atoms with Crippen molar-refractivity contribution in [2.75, 3.05) is 6.54 Å². The molecule has 2 aromatic heterocycles. The Morgan fingerprint density at radius 1 is 1.33 bits per heavy atom. The Balaban J connectivity index is 2.13. The second kappa shape index (κ2) is 7.14. The minimum atomic E-state index is 0.120. The molecule has 114 valence electrons. The van der Waals surface area contributed by atoms with Crippen molar-refractivity contribution in [3.63, 3.8) is 0 Å². The monoisotopic (exact) mass is 303 g/mol. The van der Waals surface area contributed by atoms with E-state index < -0.39 is 0 Å².